The summed E-state index contributed by atoms with van der Waals surface area (Å²) in [7, 11) is 0. The van der Waals surface area contributed by atoms with Gasteiger partial charge in [0.05, 0.1) is 5.92 Å². The van der Waals surface area contributed by atoms with Crippen LogP contribution in [-0.2, 0) is 4.79 Å². The third-order valence-electron chi connectivity index (χ3n) is 3.70. The highest BCUT2D eigenvalue weighted by Gasteiger charge is 2.33. The van der Waals surface area contributed by atoms with Gasteiger partial charge in [-0.25, -0.2) is 0 Å². The van der Waals surface area contributed by atoms with Gasteiger partial charge in [-0.15, -0.1) is 0 Å². The van der Waals surface area contributed by atoms with Crippen LogP contribution in [0.25, 0.3) is 0 Å². The van der Waals surface area contributed by atoms with E-state index in [0.29, 0.717) is 6.54 Å². The molecule has 1 aliphatic heterocycles. The molecule has 3 unspecified atom stereocenters. The van der Waals surface area contributed by atoms with Crippen molar-refractivity contribution >= 4 is 21.8 Å². The second-order valence-corrected chi connectivity index (χ2v) is 6.16. The molecule has 0 radical (unpaired) electrons. The molecule has 1 heterocycles. The minimum Gasteiger partial charge on any atom is -0.369 e. The second kappa shape index (κ2) is 6.03. The first kappa shape index (κ1) is 14.5. The number of hydrogen-bond donors (Lipinski definition) is 2. The third kappa shape index (κ3) is 3.35. The van der Waals surface area contributed by atoms with Gasteiger partial charge in [-0.05, 0) is 37.6 Å². The van der Waals surface area contributed by atoms with Gasteiger partial charge in [0.25, 0.3) is 0 Å². The quantitative estimate of drug-likeness (QED) is 0.884. The van der Waals surface area contributed by atoms with Crippen LogP contribution in [0.4, 0.5) is 0 Å². The van der Waals surface area contributed by atoms with Crippen LogP contribution in [0.2, 0.25) is 0 Å². The van der Waals surface area contributed by atoms with Gasteiger partial charge >= 0.3 is 0 Å². The molecule has 1 fully saturated rings. The fourth-order valence-electron chi connectivity index (χ4n) is 2.81. The largest absolute Gasteiger partial charge is 0.369 e. The summed E-state index contributed by atoms with van der Waals surface area (Å²) >= 11 is 3.49. The number of benzene rings is 1. The van der Waals surface area contributed by atoms with E-state index in [0.717, 1.165) is 17.4 Å². The molecule has 1 aliphatic rings. The van der Waals surface area contributed by atoms with Crippen molar-refractivity contribution in [3.63, 3.8) is 0 Å². The van der Waals surface area contributed by atoms with Crippen LogP contribution in [-0.4, -0.2) is 29.9 Å². The lowest BCUT2D eigenvalue weighted by atomic mass is 9.99. The van der Waals surface area contributed by atoms with Crippen LogP contribution in [0.5, 0.6) is 0 Å². The molecule has 0 spiro atoms. The van der Waals surface area contributed by atoms with Gasteiger partial charge in [-0.2, -0.15) is 0 Å². The Bertz CT molecular complexity index is 464. The summed E-state index contributed by atoms with van der Waals surface area (Å²) in [6.07, 6.45) is 0.826. The number of nitrogens with zero attached hydrogens (tertiary/aromatic N) is 1. The Labute approximate surface area is 122 Å². The Balaban J connectivity index is 2.20. The first-order valence-electron chi connectivity index (χ1n) is 6.53. The number of hydrogen-bond acceptors (Lipinski definition) is 3. The summed E-state index contributed by atoms with van der Waals surface area (Å²) < 4.78 is 1.04. The maximum atomic E-state index is 11.3. The number of carbonyl (C=O) groups is 1. The van der Waals surface area contributed by atoms with E-state index in [2.05, 4.69) is 33.0 Å². The van der Waals surface area contributed by atoms with E-state index in [1.165, 1.54) is 5.56 Å². The highest BCUT2D eigenvalue weighted by atomic mass is 79.9. The number of halogens is 1. The van der Waals surface area contributed by atoms with Crippen molar-refractivity contribution in [3.05, 3.63) is 34.3 Å². The van der Waals surface area contributed by atoms with E-state index < -0.39 is 0 Å². The molecule has 104 valence electrons. The number of rotatable bonds is 4. The lowest BCUT2D eigenvalue weighted by molar-refractivity contribution is -0.121. The Morgan fingerprint density at radius 1 is 1.53 bits per heavy atom. The Kier molecular flexibility index (Phi) is 4.60. The SMILES string of the molecule is CC(N)C(c1cccc(Br)c1)N1CCC(C(N)=O)C1. The van der Waals surface area contributed by atoms with Crippen molar-refractivity contribution in [2.75, 3.05) is 13.1 Å². The number of carbonyl (C=O) groups excluding carboxylic acids is 1. The molecule has 1 aromatic rings. The molecule has 4 nitrogen and oxygen atoms in total. The van der Waals surface area contributed by atoms with Crippen LogP contribution >= 0.6 is 15.9 Å². The van der Waals surface area contributed by atoms with E-state index in [-0.39, 0.29) is 23.9 Å². The maximum Gasteiger partial charge on any atom is 0.221 e. The predicted molar refractivity (Wildman–Crippen MR) is 79.4 cm³/mol. The fraction of sp³-hybridized carbons (Fsp3) is 0.500. The van der Waals surface area contributed by atoms with E-state index in [1.807, 2.05) is 19.1 Å². The van der Waals surface area contributed by atoms with Crippen molar-refractivity contribution in [2.24, 2.45) is 17.4 Å². The van der Waals surface area contributed by atoms with Gasteiger partial charge in [-0.1, -0.05) is 28.1 Å². The average Bonchev–Trinajstić information content (AvgIpc) is 2.78. The minimum absolute atomic E-state index is 0.000858. The molecule has 2 rings (SSSR count). The molecule has 5 heteroatoms. The molecule has 1 saturated heterocycles. The number of nitrogens with two attached hydrogens (primary N) is 2. The molecule has 0 saturated carbocycles. The zero-order valence-electron chi connectivity index (χ0n) is 11.1. The molecule has 0 bridgehead atoms. The van der Waals surface area contributed by atoms with Crippen LogP contribution in [0.1, 0.15) is 24.9 Å². The van der Waals surface area contributed by atoms with E-state index >= 15 is 0 Å². The van der Waals surface area contributed by atoms with Crippen molar-refractivity contribution in [2.45, 2.75) is 25.4 Å². The summed E-state index contributed by atoms with van der Waals surface area (Å²) in [6.45, 7) is 3.57. The number of primary amides is 1. The van der Waals surface area contributed by atoms with Gasteiger partial charge in [0.15, 0.2) is 0 Å². The summed E-state index contributed by atoms with van der Waals surface area (Å²) in [4.78, 5) is 13.6. The smallest absolute Gasteiger partial charge is 0.221 e. The van der Waals surface area contributed by atoms with Gasteiger partial charge in [0, 0.05) is 23.1 Å². The Morgan fingerprint density at radius 3 is 2.79 bits per heavy atom. The van der Waals surface area contributed by atoms with Gasteiger partial charge in [0.1, 0.15) is 0 Å². The Morgan fingerprint density at radius 2 is 2.26 bits per heavy atom. The molecule has 1 aromatic carbocycles. The van der Waals surface area contributed by atoms with Crippen molar-refractivity contribution in [1.29, 1.82) is 0 Å². The van der Waals surface area contributed by atoms with E-state index in [4.69, 9.17) is 11.5 Å². The predicted octanol–water partition coefficient (Wildman–Crippen LogP) is 1.64. The molecule has 3 atom stereocenters. The zero-order valence-corrected chi connectivity index (χ0v) is 12.6. The first-order valence-corrected chi connectivity index (χ1v) is 7.32. The molecular weight excluding hydrogens is 306 g/mol. The van der Waals surface area contributed by atoms with E-state index in [1.54, 1.807) is 0 Å². The third-order valence-corrected chi connectivity index (χ3v) is 4.20. The highest BCUT2D eigenvalue weighted by molar-refractivity contribution is 9.10. The summed E-state index contributed by atoms with van der Waals surface area (Å²) in [5, 5.41) is 0. The van der Waals surface area contributed by atoms with Crippen molar-refractivity contribution in [3.8, 4) is 0 Å². The van der Waals surface area contributed by atoms with Gasteiger partial charge in [-0.3, -0.25) is 9.69 Å². The van der Waals surface area contributed by atoms with Crippen LogP contribution in [0, 0.1) is 5.92 Å². The second-order valence-electron chi connectivity index (χ2n) is 5.24. The first-order chi connectivity index (χ1) is 8.99. The molecule has 4 N–H and O–H groups in total. The van der Waals surface area contributed by atoms with E-state index in [9.17, 15) is 4.79 Å². The minimum atomic E-state index is -0.208. The molecular formula is C14H20BrN3O. The average molecular weight is 326 g/mol. The van der Waals surface area contributed by atoms with Gasteiger partial charge in [0.2, 0.25) is 5.91 Å². The van der Waals surface area contributed by atoms with Crippen LogP contribution < -0.4 is 11.5 Å². The zero-order chi connectivity index (χ0) is 14.0. The standard InChI is InChI=1S/C14H20BrN3O/c1-9(16)13(10-3-2-4-12(15)7-10)18-6-5-11(8-18)14(17)19/h2-4,7,9,11,13H,5-6,8,16H2,1H3,(H2,17,19). The van der Waals surface area contributed by atoms with Crippen LogP contribution in [0.3, 0.4) is 0 Å². The summed E-state index contributed by atoms with van der Waals surface area (Å²) in [5.41, 5.74) is 12.7. The van der Waals surface area contributed by atoms with Crippen molar-refractivity contribution in [1.82, 2.24) is 4.90 Å². The lowest BCUT2D eigenvalue weighted by Gasteiger charge is -2.31. The monoisotopic (exact) mass is 325 g/mol. The number of likely N-dealkylation sites (tertiary alicyclic amines) is 1. The van der Waals surface area contributed by atoms with Crippen LogP contribution in [0.15, 0.2) is 28.7 Å². The van der Waals surface area contributed by atoms with Gasteiger partial charge < -0.3 is 11.5 Å². The summed E-state index contributed by atoms with van der Waals surface area (Å²) in [6, 6.07) is 8.30. The van der Waals surface area contributed by atoms with Crippen molar-refractivity contribution < 1.29 is 4.79 Å². The topological polar surface area (TPSA) is 72.3 Å². The highest BCUT2D eigenvalue weighted by Crippen LogP contribution is 2.30. The normalized spacial score (nSPS) is 23.2. The lowest BCUT2D eigenvalue weighted by Crippen LogP contribution is -2.39. The Hall–Kier alpha value is -0.910. The molecule has 19 heavy (non-hydrogen) atoms. The maximum absolute atomic E-state index is 11.3. The summed E-state index contributed by atoms with van der Waals surface area (Å²) in [5.74, 6) is -0.256. The fourth-order valence-corrected chi connectivity index (χ4v) is 3.23. The molecule has 0 aliphatic carbocycles. The molecule has 1 amide bonds. The molecule has 0 aromatic heterocycles. The number of amides is 1.